The van der Waals surface area contributed by atoms with Crippen LogP contribution in [0.2, 0.25) is 5.02 Å². The van der Waals surface area contributed by atoms with Gasteiger partial charge in [-0.15, -0.1) is 0 Å². The fourth-order valence-corrected chi connectivity index (χ4v) is 2.01. The molecule has 1 aromatic carbocycles. The van der Waals surface area contributed by atoms with Crippen LogP contribution in [0.3, 0.4) is 0 Å². The van der Waals surface area contributed by atoms with Gasteiger partial charge in [0.2, 0.25) is 0 Å². The van der Waals surface area contributed by atoms with Crippen LogP contribution in [0.5, 0.6) is 5.75 Å². The third kappa shape index (κ3) is 3.87. The molecule has 0 saturated carbocycles. The van der Waals surface area contributed by atoms with Crippen molar-refractivity contribution in [2.75, 3.05) is 19.8 Å². The van der Waals surface area contributed by atoms with E-state index in [0.717, 1.165) is 18.6 Å². The van der Waals surface area contributed by atoms with Crippen LogP contribution in [0.15, 0.2) is 24.3 Å². The monoisotopic (exact) mass is 256 g/mol. The van der Waals surface area contributed by atoms with Crippen molar-refractivity contribution in [2.45, 2.75) is 18.9 Å². The van der Waals surface area contributed by atoms with Crippen molar-refractivity contribution in [3.05, 3.63) is 29.3 Å². The van der Waals surface area contributed by atoms with Crippen molar-refractivity contribution in [3.8, 4) is 5.75 Å². The predicted octanol–water partition coefficient (Wildman–Crippen LogP) is 2.51. The third-order valence-electron chi connectivity index (χ3n) is 2.97. The number of ether oxygens (including phenoxy) is 2. The molecule has 0 radical (unpaired) electrons. The number of benzene rings is 1. The van der Waals surface area contributed by atoms with Crippen molar-refractivity contribution < 1.29 is 14.6 Å². The van der Waals surface area contributed by atoms with E-state index < -0.39 is 0 Å². The number of hydrogen-bond donors (Lipinski definition) is 1. The molecular weight excluding hydrogens is 240 g/mol. The second kappa shape index (κ2) is 6.24. The van der Waals surface area contributed by atoms with Crippen molar-refractivity contribution in [1.82, 2.24) is 0 Å². The van der Waals surface area contributed by atoms with Gasteiger partial charge in [-0.05, 0) is 37.1 Å². The predicted molar refractivity (Wildman–Crippen MR) is 66.5 cm³/mol. The Bertz CT molecular complexity index is 331. The molecule has 1 N–H and O–H groups in total. The molecule has 0 aliphatic carbocycles. The van der Waals surface area contributed by atoms with Gasteiger partial charge in [0.15, 0.2) is 0 Å². The van der Waals surface area contributed by atoms with Crippen LogP contribution in [-0.4, -0.2) is 31.0 Å². The maximum atomic E-state index is 8.94. The molecular formula is C13H17ClO3. The molecule has 1 heterocycles. The molecule has 1 aromatic rings. The summed E-state index contributed by atoms with van der Waals surface area (Å²) < 4.78 is 11.2. The van der Waals surface area contributed by atoms with E-state index in [1.54, 1.807) is 0 Å². The van der Waals surface area contributed by atoms with Crippen LogP contribution < -0.4 is 4.74 Å². The number of rotatable bonds is 4. The zero-order chi connectivity index (χ0) is 12.1. The molecule has 0 unspecified atom stereocenters. The molecule has 1 fully saturated rings. The van der Waals surface area contributed by atoms with Crippen molar-refractivity contribution in [1.29, 1.82) is 0 Å². The number of aliphatic hydroxyl groups is 1. The van der Waals surface area contributed by atoms with Gasteiger partial charge in [-0.3, -0.25) is 0 Å². The first-order chi connectivity index (χ1) is 8.28. The Labute approximate surface area is 106 Å². The minimum absolute atomic E-state index is 0.0155. The van der Waals surface area contributed by atoms with Gasteiger partial charge in [0.05, 0.1) is 25.9 Å². The molecule has 3 nitrogen and oxygen atoms in total. The molecule has 2 rings (SSSR count). The quantitative estimate of drug-likeness (QED) is 0.900. The lowest BCUT2D eigenvalue weighted by atomic mass is 9.99. The lowest BCUT2D eigenvalue weighted by Gasteiger charge is -2.27. The SMILES string of the molecule is OC[C@@H]1CC[C@H](COc2ccc(Cl)cc2)CO1. The summed E-state index contributed by atoms with van der Waals surface area (Å²) in [6.07, 6.45) is 1.96. The minimum atomic E-state index is 0.0155. The fourth-order valence-electron chi connectivity index (χ4n) is 1.88. The maximum absolute atomic E-state index is 8.94. The van der Waals surface area contributed by atoms with Crippen molar-refractivity contribution in [2.24, 2.45) is 5.92 Å². The summed E-state index contributed by atoms with van der Waals surface area (Å²) in [6, 6.07) is 7.36. The van der Waals surface area contributed by atoms with Crippen LogP contribution in [0.4, 0.5) is 0 Å². The summed E-state index contributed by atoms with van der Waals surface area (Å²) in [5, 5.41) is 9.65. The molecule has 1 saturated heterocycles. The Hall–Kier alpha value is -0.770. The molecule has 94 valence electrons. The van der Waals surface area contributed by atoms with Crippen LogP contribution in [-0.2, 0) is 4.74 Å². The van der Waals surface area contributed by atoms with Crippen molar-refractivity contribution in [3.63, 3.8) is 0 Å². The average molecular weight is 257 g/mol. The first-order valence-electron chi connectivity index (χ1n) is 5.88. The second-order valence-corrected chi connectivity index (χ2v) is 4.78. The number of hydrogen-bond acceptors (Lipinski definition) is 3. The number of halogens is 1. The summed E-state index contributed by atoms with van der Waals surface area (Å²) in [4.78, 5) is 0. The highest BCUT2D eigenvalue weighted by Crippen LogP contribution is 2.21. The highest BCUT2D eigenvalue weighted by atomic mass is 35.5. The smallest absolute Gasteiger partial charge is 0.119 e. The van der Waals surface area contributed by atoms with Crippen LogP contribution >= 0.6 is 11.6 Å². The number of aliphatic hydroxyl groups excluding tert-OH is 1. The molecule has 0 amide bonds. The molecule has 4 heteroatoms. The highest BCUT2D eigenvalue weighted by molar-refractivity contribution is 6.30. The zero-order valence-corrected chi connectivity index (χ0v) is 10.4. The van der Waals surface area contributed by atoms with Crippen molar-refractivity contribution >= 4 is 11.6 Å². The summed E-state index contributed by atoms with van der Waals surface area (Å²) in [5.41, 5.74) is 0. The van der Waals surface area contributed by atoms with Gasteiger partial charge in [-0.2, -0.15) is 0 Å². The second-order valence-electron chi connectivity index (χ2n) is 4.35. The standard InChI is InChI=1S/C13H17ClO3/c14-11-2-5-12(6-3-11)16-8-10-1-4-13(7-15)17-9-10/h2-3,5-6,10,13,15H,1,4,7-9H2/t10-,13+/m1/s1. The summed E-state index contributed by atoms with van der Waals surface area (Å²) in [5.74, 6) is 1.24. The average Bonchev–Trinajstić information content (AvgIpc) is 2.39. The summed E-state index contributed by atoms with van der Waals surface area (Å²) >= 11 is 5.79. The van der Waals surface area contributed by atoms with Gasteiger partial charge in [-0.1, -0.05) is 11.6 Å². The third-order valence-corrected chi connectivity index (χ3v) is 3.22. The minimum Gasteiger partial charge on any atom is -0.493 e. The maximum Gasteiger partial charge on any atom is 0.119 e. The molecule has 0 aromatic heterocycles. The Morgan fingerprint density at radius 1 is 1.29 bits per heavy atom. The molecule has 17 heavy (non-hydrogen) atoms. The topological polar surface area (TPSA) is 38.7 Å². The largest absolute Gasteiger partial charge is 0.493 e. The highest BCUT2D eigenvalue weighted by Gasteiger charge is 2.21. The molecule has 0 spiro atoms. The Balaban J connectivity index is 1.74. The Morgan fingerprint density at radius 2 is 2.06 bits per heavy atom. The first-order valence-corrected chi connectivity index (χ1v) is 6.26. The normalized spacial score (nSPS) is 24.6. The van der Waals surface area contributed by atoms with Gasteiger partial charge in [0, 0.05) is 10.9 Å². The van der Waals surface area contributed by atoms with E-state index in [2.05, 4.69) is 0 Å². The van der Waals surface area contributed by atoms with Gasteiger partial charge >= 0.3 is 0 Å². The van der Waals surface area contributed by atoms with Gasteiger partial charge in [0.1, 0.15) is 5.75 Å². The van der Waals surface area contributed by atoms with Crippen LogP contribution in [0, 0.1) is 5.92 Å². The first kappa shape index (κ1) is 12.7. The van der Waals surface area contributed by atoms with Gasteiger partial charge in [0.25, 0.3) is 0 Å². The molecule has 1 aliphatic rings. The Kier molecular flexibility index (Phi) is 4.66. The van der Waals surface area contributed by atoms with Gasteiger partial charge < -0.3 is 14.6 Å². The lowest BCUT2D eigenvalue weighted by molar-refractivity contribution is -0.0508. The summed E-state index contributed by atoms with van der Waals surface area (Å²) in [6.45, 7) is 1.43. The Morgan fingerprint density at radius 3 is 2.65 bits per heavy atom. The van der Waals surface area contributed by atoms with E-state index in [-0.39, 0.29) is 12.7 Å². The molecule has 1 aliphatic heterocycles. The zero-order valence-electron chi connectivity index (χ0n) is 9.64. The van der Waals surface area contributed by atoms with Crippen LogP contribution in [0.1, 0.15) is 12.8 Å². The van der Waals surface area contributed by atoms with Crippen LogP contribution in [0.25, 0.3) is 0 Å². The van der Waals surface area contributed by atoms with E-state index in [9.17, 15) is 0 Å². The lowest BCUT2D eigenvalue weighted by Crippen LogP contribution is -2.31. The molecule has 2 atom stereocenters. The van der Waals surface area contributed by atoms with E-state index in [0.29, 0.717) is 24.2 Å². The van der Waals surface area contributed by atoms with E-state index in [1.807, 2.05) is 24.3 Å². The fraction of sp³-hybridized carbons (Fsp3) is 0.538. The van der Waals surface area contributed by atoms with E-state index in [1.165, 1.54) is 0 Å². The summed E-state index contributed by atoms with van der Waals surface area (Å²) in [7, 11) is 0. The molecule has 0 bridgehead atoms. The van der Waals surface area contributed by atoms with E-state index >= 15 is 0 Å². The van der Waals surface area contributed by atoms with Gasteiger partial charge in [-0.25, -0.2) is 0 Å². The van der Waals surface area contributed by atoms with E-state index in [4.69, 9.17) is 26.2 Å².